The molecule has 0 saturated carbocycles. The molecule has 0 spiro atoms. The van der Waals surface area contributed by atoms with Crippen LogP contribution in [0.15, 0.2) is 18.2 Å². The summed E-state index contributed by atoms with van der Waals surface area (Å²) >= 11 is 0. The van der Waals surface area contributed by atoms with E-state index >= 15 is 0 Å². The number of hydrogen-bond acceptors (Lipinski definition) is 4. The maximum Gasteiger partial charge on any atom is 0.131 e. The van der Waals surface area contributed by atoms with Crippen LogP contribution in [0.4, 0.5) is 11.6 Å². The molecule has 1 N–H and O–H groups in total. The van der Waals surface area contributed by atoms with Crippen LogP contribution in [0.25, 0.3) is 0 Å². The Morgan fingerprint density at radius 1 is 1.35 bits per heavy atom. The summed E-state index contributed by atoms with van der Waals surface area (Å²) in [5.41, 5.74) is -0.0397. The number of hydrogen-bond donors (Lipinski definition) is 1. The molecule has 2 heterocycles. The number of anilines is 2. The highest BCUT2D eigenvalue weighted by Gasteiger charge is 2.31. The third-order valence-corrected chi connectivity index (χ3v) is 3.71. The van der Waals surface area contributed by atoms with Crippen LogP contribution >= 0.6 is 0 Å². The van der Waals surface area contributed by atoms with Gasteiger partial charge in [-0.05, 0) is 52.7 Å². The van der Waals surface area contributed by atoms with E-state index in [1.54, 1.807) is 7.11 Å². The van der Waals surface area contributed by atoms with Crippen molar-refractivity contribution in [1.82, 2.24) is 4.98 Å². The molecule has 0 bridgehead atoms. The first kappa shape index (κ1) is 15.1. The van der Waals surface area contributed by atoms with Gasteiger partial charge in [-0.2, -0.15) is 0 Å². The van der Waals surface area contributed by atoms with E-state index in [9.17, 15) is 0 Å². The molecule has 20 heavy (non-hydrogen) atoms. The zero-order valence-corrected chi connectivity index (χ0v) is 13.4. The summed E-state index contributed by atoms with van der Waals surface area (Å²) in [5, 5.41) is 3.43. The van der Waals surface area contributed by atoms with Crippen LogP contribution in [-0.2, 0) is 4.74 Å². The van der Waals surface area contributed by atoms with Gasteiger partial charge in [0, 0.05) is 25.7 Å². The maximum absolute atomic E-state index is 5.66. The van der Waals surface area contributed by atoms with Gasteiger partial charge in [0.1, 0.15) is 11.6 Å². The van der Waals surface area contributed by atoms with E-state index in [1.807, 2.05) is 6.07 Å². The second-order valence-electron chi connectivity index (χ2n) is 6.94. The van der Waals surface area contributed by atoms with Gasteiger partial charge in [0.05, 0.1) is 5.60 Å². The van der Waals surface area contributed by atoms with Gasteiger partial charge in [-0.15, -0.1) is 0 Å². The van der Waals surface area contributed by atoms with Crippen LogP contribution in [0, 0.1) is 0 Å². The Hall–Kier alpha value is -1.29. The molecule has 1 aromatic rings. The molecule has 1 aliphatic rings. The zero-order valence-electron chi connectivity index (χ0n) is 13.4. The van der Waals surface area contributed by atoms with Crippen molar-refractivity contribution in [2.24, 2.45) is 0 Å². The Kier molecular flexibility index (Phi) is 4.23. The third kappa shape index (κ3) is 3.85. The summed E-state index contributed by atoms with van der Waals surface area (Å²) in [6.45, 7) is 10.6. The lowest BCUT2D eigenvalue weighted by Crippen LogP contribution is -2.47. The second-order valence-corrected chi connectivity index (χ2v) is 6.94. The molecule has 1 aromatic heterocycles. The van der Waals surface area contributed by atoms with Gasteiger partial charge in [0.15, 0.2) is 0 Å². The summed E-state index contributed by atoms with van der Waals surface area (Å²) in [4.78, 5) is 7.06. The minimum Gasteiger partial charge on any atom is -0.377 e. The first-order chi connectivity index (χ1) is 9.31. The van der Waals surface area contributed by atoms with E-state index < -0.39 is 0 Å². The fraction of sp³-hybridized carbons (Fsp3) is 0.688. The lowest BCUT2D eigenvalue weighted by atomic mass is 9.95. The number of aromatic nitrogens is 1. The highest BCUT2D eigenvalue weighted by atomic mass is 16.5. The molecule has 1 saturated heterocycles. The number of nitrogens with zero attached hydrogens (tertiary/aromatic N) is 2. The van der Waals surface area contributed by atoms with Crippen molar-refractivity contribution >= 4 is 11.6 Å². The normalized spacial score (nSPS) is 23.8. The number of nitrogens with one attached hydrogen (secondary N) is 1. The standard InChI is InChI=1S/C16H27N3O/c1-15(2,3)18-13-8-6-9-14(17-13)19-11-7-10-16(4,12-19)20-5/h6,8-9H,7,10-12H2,1-5H3,(H,17,18). The van der Waals surface area contributed by atoms with E-state index in [-0.39, 0.29) is 11.1 Å². The van der Waals surface area contributed by atoms with E-state index in [2.05, 4.69) is 50.0 Å². The van der Waals surface area contributed by atoms with Gasteiger partial charge >= 0.3 is 0 Å². The molecule has 2 rings (SSSR count). The summed E-state index contributed by atoms with van der Waals surface area (Å²) in [7, 11) is 1.80. The molecule has 0 aliphatic carbocycles. The molecule has 1 unspecified atom stereocenters. The van der Waals surface area contributed by atoms with E-state index in [0.717, 1.165) is 37.6 Å². The van der Waals surface area contributed by atoms with Gasteiger partial charge in [0.25, 0.3) is 0 Å². The van der Waals surface area contributed by atoms with Crippen molar-refractivity contribution in [3.63, 3.8) is 0 Å². The highest BCUT2D eigenvalue weighted by molar-refractivity contribution is 5.48. The predicted octanol–water partition coefficient (Wildman–Crippen LogP) is 3.30. The molecule has 1 aliphatic heterocycles. The number of ether oxygens (including phenoxy) is 1. The molecule has 1 fully saturated rings. The monoisotopic (exact) mass is 277 g/mol. The topological polar surface area (TPSA) is 37.4 Å². The Labute approximate surface area is 122 Å². The van der Waals surface area contributed by atoms with Gasteiger partial charge in [-0.1, -0.05) is 6.07 Å². The molecular weight excluding hydrogens is 250 g/mol. The van der Waals surface area contributed by atoms with Crippen molar-refractivity contribution < 1.29 is 4.74 Å². The van der Waals surface area contributed by atoms with Crippen molar-refractivity contribution in [1.29, 1.82) is 0 Å². The SMILES string of the molecule is COC1(C)CCCN(c2cccc(NC(C)(C)C)n2)C1. The first-order valence-corrected chi connectivity index (χ1v) is 7.37. The molecule has 112 valence electrons. The summed E-state index contributed by atoms with van der Waals surface area (Å²) < 4.78 is 5.66. The zero-order chi connectivity index (χ0) is 14.8. The molecule has 0 amide bonds. The Bertz CT molecular complexity index is 455. The first-order valence-electron chi connectivity index (χ1n) is 7.37. The van der Waals surface area contributed by atoms with Crippen molar-refractivity contribution in [2.75, 3.05) is 30.4 Å². The molecular formula is C16H27N3O. The second kappa shape index (κ2) is 5.60. The number of piperidine rings is 1. The van der Waals surface area contributed by atoms with E-state index in [1.165, 1.54) is 0 Å². The number of pyridine rings is 1. The fourth-order valence-electron chi connectivity index (χ4n) is 2.62. The van der Waals surface area contributed by atoms with Gasteiger partial charge in [0.2, 0.25) is 0 Å². The lowest BCUT2D eigenvalue weighted by molar-refractivity contribution is -0.00481. The van der Waals surface area contributed by atoms with Crippen molar-refractivity contribution in [3.8, 4) is 0 Å². The number of methoxy groups -OCH3 is 1. The number of rotatable bonds is 3. The van der Waals surface area contributed by atoms with E-state index in [4.69, 9.17) is 9.72 Å². The summed E-state index contributed by atoms with van der Waals surface area (Å²) in [5.74, 6) is 1.96. The van der Waals surface area contributed by atoms with Crippen molar-refractivity contribution in [2.45, 2.75) is 51.7 Å². The highest BCUT2D eigenvalue weighted by Crippen LogP contribution is 2.27. The van der Waals surface area contributed by atoms with Crippen molar-refractivity contribution in [3.05, 3.63) is 18.2 Å². The van der Waals surface area contributed by atoms with Crippen LogP contribution in [0.5, 0.6) is 0 Å². The minimum atomic E-state index is -0.0621. The van der Waals surface area contributed by atoms with Gasteiger partial charge < -0.3 is 15.0 Å². The Morgan fingerprint density at radius 2 is 2.10 bits per heavy atom. The molecule has 1 atom stereocenters. The van der Waals surface area contributed by atoms with Gasteiger partial charge in [-0.25, -0.2) is 4.98 Å². The van der Waals surface area contributed by atoms with Gasteiger partial charge in [-0.3, -0.25) is 0 Å². The quantitative estimate of drug-likeness (QED) is 0.920. The van der Waals surface area contributed by atoms with E-state index in [0.29, 0.717) is 0 Å². The molecule has 4 heteroatoms. The van der Waals surface area contributed by atoms with Crippen LogP contribution in [0.3, 0.4) is 0 Å². The molecule has 0 radical (unpaired) electrons. The Morgan fingerprint density at radius 3 is 2.75 bits per heavy atom. The third-order valence-electron chi connectivity index (χ3n) is 3.71. The average Bonchev–Trinajstić information content (AvgIpc) is 2.37. The average molecular weight is 277 g/mol. The van der Waals surface area contributed by atoms with Crippen LogP contribution in [-0.4, -0.2) is 36.3 Å². The van der Waals surface area contributed by atoms with Crippen LogP contribution < -0.4 is 10.2 Å². The Balaban J connectivity index is 2.14. The maximum atomic E-state index is 5.66. The smallest absolute Gasteiger partial charge is 0.131 e. The van der Waals surface area contributed by atoms with Crippen LogP contribution in [0.1, 0.15) is 40.5 Å². The largest absolute Gasteiger partial charge is 0.377 e. The minimum absolute atomic E-state index is 0.0224. The molecule has 0 aromatic carbocycles. The molecule has 4 nitrogen and oxygen atoms in total. The fourth-order valence-corrected chi connectivity index (χ4v) is 2.62. The lowest BCUT2D eigenvalue weighted by Gasteiger charge is -2.40. The summed E-state index contributed by atoms with van der Waals surface area (Å²) in [6.07, 6.45) is 2.25. The van der Waals surface area contributed by atoms with Crippen LogP contribution in [0.2, 0.25) is 0 Å². The predicted molar refractivity (Wildman–Crippen MR) is 84.5 cm³/mol. The summed E-state index contributed by atoms with van der Waals surface area (Å²) in [6, 6.07) is 6.17.